The van der Waals surface area contributed by atoms with Crippen LogP contribution in [0.15, 0.2) is 48.5 Å². The molecular formula is C18H23NO3. The molecule has 0 bridgehead atoms. The van der Waals surface area contributed by atoms with E-state index in [9.17, 15) is 15.3 Å². The zero-order valence-electron chi connectivity index (χ0n) is 12.7. The van der Waals surface area contributed by atoms with Gasteiger partial charge in [-0.3, -0.25) is 0 Å². The smallest absolute Gasteiger partial charge is 0.115 e. The number of hydrogen-bond acceptors (Lipinski definition) is 4. The van der Waals surface area contributed by atoms with Gasteiger partial charge in [-0.05, 0) is 55.2 Å². The molecule has 22 heavy (non-hydrogen) atoms. The molecule has 0 saturated heterocycles. The Balaban J connectivity index is 1.75. The van der Waals surface area contributed by atoms with Crippen molar-refractivity contribution in [2.24, 2.45) is 0 Å². The summed E-state index contributed by atoms with van der Waals surface area (Å²) in [5.74, 6) is 0.490. The highest BCUT2D eigenvalue weighted by molar-refractivity contribution is 5.28. The number of rotatable bonds is 7. The van der Waals surface area contributed by atoms with E-state index in [0.717, 1.165) is 24.0 Å². The SMILES string of the molecule is C[C@H](CCc1cccc(O)c1)NCC(O)c1ccc(O)cc1. The number of aryl methyl sites for hydroxylation is 1. The van der Waals surface area contributed by atoms with Crippen LogP contribution in [-0.2, 0) is 6.42 Å². The first kappa shape index (κ1) is 16.3. The molecule has 0 heterocycles. The van der Waals surface area contributed by atoms with E-state index in [0.29, 0.717) is 12.3 Å². The van der Waals surface area contributed by atoms with Crippen LogP contribution in [0.3, 0.4) is 0 Å². The Kier molecular flexibility index (Phi) is 5.81. The molecule has 0 spiro atoms. The largest absolute Gasteiger partial charge is 0.508 e. The molecule has 2 aromatic carbocycles. The second-order valence-electron chi connectivity index (χ2n) is 5.63. The number of hydrogen-bond donors (Lipinski definition) is 4. The van der Waals surface area contributed by atoms with Crippen molar-refractivity contribution >= 4 is 0 Å². The fourth-order valence-corrected chi connectivity index (χ4v) is 2.32. The fourth-order valence-electron chi connectivity index (χ4n) is 2.32. The highest BCUT2D eigenvalue weighted by atomic mass is 16.3. The molecule has 0 aliphatic rings. The first-order chi connectivity index (χ1) is 10.5. The van der Waals surface area contributed by atoms with Gasteiger partial charge in [-0.2, -0.15) is 0 Å². The Morgan fingerprint density at radius 3 is 2.41 bits per heavy atom. The van der Waals surface area contributed by atoms with Gasteiger partial charge in [-0.1, -0.05) is 24.3 Å². The van der Waals surface area contributed by atoms with Gasteiger partial charge in [0.15, 0.2) is 0 Å². The van der Waals surface area contributed by atoms with Crippen molar-refractivity contribution in [1.29, 1.82) is 0 Å². The number of aromatic hydroxyl groups is 2. The van der Waals surface area contributed by atoms with Gasteiger partial charge in [-0.15, -0.1) is 0 Å². The summed E-state index contributed by atoms with van der Waals surface area (Å²) in [6.45, 7) is 2.54. The molecule has 1 unspecified atom stereocenters. The van der Waals surface area contributed by atoms with Gasteiger partial charge in [0.05, 0.1) is 6.10 Å². The summed E-state index contributed by atoms with van der Waals surface area (Å²) < 4.78 is 0. The minimum atomic E-state index is -0.594. The number of phenolic OH excluding ortho intramolecular Hbond substituents is 2. The first-order valence-corrected chi connectivity index (χ1v) is 7.53. The molecule has 0 saturated carbocycles. The van der Waals surface area contributed by atoms with Crippen LogP contribution in [0.2, 0.25) is 0 Å². The molecule has 2 rings (SSSR count). The van der Waals surface area contributed by atoms with Crippen LogP contribution >= 0.6 is 0 Å². The second kappa shape index (κ2) is 7.82. The third-order valence-corrected chi connectivity index (χ3v) is 3.71. The van der Waals surface area contributed by atoms with Crippen LogP contribution in [-0.4, -0.2) is 27.9 Å². The van der Waals surface area contributed by atoms with Crippen molar-refractivity contribution in [2.75, 3.05) is 6.54 Å². The first-order valence-electron chi connectivity index (χ1n) is 7.53. The lowest BCUT2D eigenvalue weighted by atomic mass is 10.0. The number of nitrogens with one attached hydrogen (secondary N) is 1. The van der Waals surface area contributed by atoms with Crippen molar-refractivity contribution in [1.82, 2.24) is 5.32 Å². The quantitative estimate of drug-likeness (QED) is 0.634. The van der Waals surface area contributed by atoms with Gasteiger partial charge in [-0.25, -0.2) is 0 Å². The Labute approximate surface area is 131 Å². The normalized spacial score (nSPS) is 13.7. The zero-order valence-corrected chi connectivity index (χ0v) is 12.7. The van der Waals surface area contributed by atoms with E-state index in [4.69, 9.17) is 0 Å². The molecule has 0 amide bonds. The fraction of sp³-hybridized carbons (Fsp3) is 0.333. The molecular weight excluding hydrogens is 278 g/mol. The molecule has 118 valence electrons. The number of aliphatic hydroxyl groups excluding tert-OH is 1. The van der Waals surface area contributed by atoms with Gasteiger partial charge >= 0.3 is 0 Å². The molecule has 2 aromatic rings. The molecule has 0 radical (unpaired) electrons. The average molecular weight is 301 g/mol. The highest BCUT2D eigenvalue weighted by Gasteiger charge is 2.09. The third-order valence-electron chi connectivity index (χ3n) is 3.71. The van der Waals surface area contributed by atoms with E-state index in [1.165, 1.54) is 0 Å². The molecule has 0 fully saturated rings. The average Bonchev–Trinajstić information content (AvgIpc) is 2.51. The molecule has 4 heteroatoms. The minimum absolute atomic E-state index is 0.198. The zero-order chi connectivity index (χ0) is 15.9. The minimum Gasteiger partial charge on any atom is -0.508 e. The summed E-state index contributed by atoms with van der Waals surface area (Å²) in [7, 11) is 0. The summed E-state index contributed by atoms with van der Waals surface area (Å²) >= 11 is 0. The maximum absolute atomic E-state index is 10.1. The summed E-state index contributed by atoms with van der Waals surface area (Å²) in [4.78, 5) is 0. The van der Waals surface area contributed by atoms with Crippen LogP contribution in [0.5, 0.6) is 11.5 Å². The second-order valence-corrected chi connectivity index (χ2v) is 5.63. The lowest BCUT2D eigenvalue weighted by Crippen LogP contribution is -2.30. The predicted molar refractivity (Wildman–Crippen MR) is 87.0 cm³/mol. The van der Waals surface area contributed by atoms with E-state index >= 15 is 0 Å². The van der Waals surface area contributed by atoms with E-state index in [-0.39, 0.29) is 11.8 Å². The standard InChI is InChI=1S/C18H23NO3/c1-13(5-6-14-3-2-4-17(21)11-14)19-12-18(22)15-7-9-16(20)10-8-15/h2-4,7-11,13,18-22H,5-6,12H2,1H3/t13-,18?/m1/s1. The Bertz CT molecular complexity index is 583. The van der Waals surface area contributed by atoms with Crippen molar-refractivity contribution in [2.45, 2.75) is 31.9 Å². The van der Waals surface area contributed by atoms with Crippen LogP contribution in [0.25, 0.3) is 0 Å². The third kappa shape index (κ3) is 5.06. The summed E-state index contributed by atoms with van der Waals surface area (Å²) in [6, 6.07) is 14.1. The van der Waals surface area contributed by atoms with Gasteiger partial charge < -0.3 is 20.6 Å². The van der Waals surface area contributed by atoms with Crippen molar-refractivity contribution < 1.29 is 15.3 Å². The Hall–Kier alpha value is -2.04. The van der Waals surface area contributed by atoms with E-state index in [1.54, 1.807) is 36.4 Å². The molecule has 0 aliphatic carbocycles. The van der Waals surface area contributed by atoms with E-state index < -0.39 is 6.10 Å². The van der Waals surface area contributed by atoms with E-state index in [2.05, 4.69) is 12.2 Å². The number of benzene rings is 2. The van der Waals surface area contributed by atoms with Crippen molar-refractivity contribution in [3.63, 3.8) is 0 Å². The molecule has 4 nitrogen and oxygen atoms in total. The molecule has 0 aliphatic heterocycles. The predicted octanol–water partition coefficient (Wildman–Crippen LogP) is 2.74. The lowest BCUT2D eigenvalue weighted by Gasteiger charge is -2.17. The molecule has 0 aromatic heterocycles. The van der Waals surface area contributed by atoms with Crippen LogP contribution in [0, 0.1) is 0 Å². The number of phenols is 2. The molecule has 2 atom stereocenters. The van der Waals surface area contributed by atoms with Gasteiger partial charge in [0.25, 0.3) is 0 Å². The van der Waals surface area contributed by atoms with Crippen molar-refractivity contribution in [3.8, 4) is 11.5 Å². The summed E-state index contributed by atoms with van der Waals surface area (Å²) in [5, 5.41) is 32.1. The number of aliphatic hydroxyl groups is 1. The highest BCUT2D eigenvalue weighted by Crippen LogP contribution is 2.17. The maximum atomic E-state index is 10.1. The topological polar surface area (TPSA) is 72.7 Å². The molecule has 4 N–H and O–H groups in total. The van der Waals surface area contributed by atoms with E-state index in [1.807, 2.05) is 12.1 Å². The summed E-state index contributed by atoms with van der Waals surface area (Å²) in [6.07, 6.45) is 1.20. The monoisotopic (exact) mass is 301 g/mol. The Morgan fingerprint density at radius 1 is 1.00 bits per heavy atom. The van der Waals surface area contributed by atoms with Crippen LogP contribution < -0.4 is 5.32 Å². The van der Waals surface area contributed by atoms with Gasteiger partial charge in [0.1, 0.15) is 11.5 Å². The summed E-state index contributed by atoms with van der Waals surface area (Å²) in [5.41, 5.74) is 1.89. The Morgan fingerprint density at radius 2 is 1.73 bits per heavy atom. The van der Waals surface area contributed by atoms with Crippen molar-refractivity contribution in [3.05, 3.63) is 59.7 Å². The lowest BCUT2D eigenvalue weighted by molar-refractivity contribution is 0.170. The van der Waals surface area contributed by atoms with Crippen LogP contribution in [0.4, 0.5) is 0 Å². The maximum Gasteiger partial charge on any atom is 0.115 e. The van der Waals surface area contributed by atoms with Gasteiger partial charge in [0.2, 0.25) is 0 Å². The van der Waals surface area contributed by atoms with Gasteiger partial charge in [0, 0.05) is 12.6 Å². The van der Waals surface area contributed by atoms with Crippen LogP contribution in [0.1, 0.15) is 30.6 Å².